The largest absolute Gasteiger partial charge is 0.141 e. The Hall–Kier alpha value is -1.51. The summed E-state index contributed by atoms with van der Waals surface area (Å²) in [6.45, 7) is 0. The van der Waals surface area contributed by atoms with Crippen LogP contribution in [-0.4, -0.2) is 13.3 Å². The molecule has 87 valence electrons. The third-order valence-electron chi connectivity index (χ3n) is 3.22. The summed E-state index contributed by atoms with van der Waals surface area (Å²) in [5.74, 6) is 0. The van der Waals surface area contributed by atoms with Crippen LogP contribution in [0.4, 0.5) is 0 Å². The second-order valence-corrected chi connectivity index (χ2v) is 7.54. The normalized spacial score (nSPS) is 14.2. The molecule has 1 radical (unpaired) electrons. The molecule has 0 saturated heterocycles. The van der Waals surface area contributed by atoms with Crippen LogP contribution in [0.3, 0.4) is 0 Å². The van der Waals surface area contributed by atoms with Gasteiger partial charge in [-0.1, -0.05) is 79.0 Å². The average molecular weight is 265 g/mol. The lowest BCUT2D eigenvalue weighted by atomic mass is 10.2. The van der Waals surface area contributed by atoms with Gasteiger partial charge in [-0.3, -0.25) is 0 Å². The Morgan fingerprint density at radius 1 is 0.944 bits per heavy atom. The van der Waals surface area contributed by atoms with Gasteiger partial charge in [0, 0.05) is 4.49 Å². The fourth-order valence-electron chi connectivity index (χ4n) is 2.31. The summed E-state index contributed by atoms with van der Waals surface area (Å²) in [5.41, 5.74) is 2.56. The first-order valence-corrected chi connectivity index (χ1v) is 8.19. The van der Waals surface area contributed by atoms with E-state index in [1.54, 1.807) is 0 Å². The van der Waals surface area contributed by atoms with Gasteiger partial charge in [-0.25, -0.2) is 0 Å². The van der Waals surface area contributed by atoms with Gasteiger partial charge in [0.15, 0.2) is 0 Å². The van der Waals surface area contributed by atoms with E-state index in [9.17, 15) is 0 Å². The van der Waals surface area contributed by atoms with E-state index in [0.29, 0.717) is 0 Å². The van der Waals surface area contributed by atoms with Crippen molar-refractivity contribution in [3.05, 3.63) is 71.8 Å². The van der Waals surface area contributed by atoms with Crippen molar-refractivity contribution in [3.63, 3.8) is 0 Å². The minimum atomic E-state index is -0.790. The van der Waals surface area contributed by atoms with Crippen molar-refractivity contribution in [2.45, 2.75) is 6.04 Å². The van der Waals surface area contributed by atoms with Gasteiger partial charge in [0.25, 0.3) is 0 Å². The molecule has 0 amide bonds. The van der Waals surface area contributed by atoms with Crippen LogP contribution in [0.5, 0.6) is 0 Å². The molecule has 0 spiro atoms. The lowest BCUT2D eigenvalue weighted by molar-refractivity contribution is 1.59. The molecule has 3 rings (SSSR count). The molecular formula is C16H13SSi. The monoisotopic (exact) mass is 265 g/mol. The highest BCUT2D eigenvalue weighted by atomic mass is 32.1. The first-order valence-electron chi connectivity index (χ1n) is 6.08. The van der Waals surface area contributed by atoms with E-state index in [-0.39, 0.29) is 0 Å². The summed E-state index contributed by atoms with van der Waals surface area (Å²) in [7, 11) is -0.790. The molecule has 0 atom stereocenters. The van der Waals surface area contributed by atoms with Crippen molar-refractivity contribution >= 4 is 36.8 Å². The lowest BCUT2D eigenvalue weighted by Crippen LogP contribution is -2.40. The van der Waals surface area contributed by atoms with E-state index in [1.165, 1.54) is 16.3 Å². The zero-order valence-electron chi connectivity index (χ0n) is 9.97. The molecule has 2 aromatic rings. The molecule has 0 nitrogen and oxygen atoms in total. The van der Waals surface area contributed by atoms with Crippen LogP contribution in [0.1, 0.15) is 11.1 Å². The molecule has 2 aromatic carbocycles. The third kappa shape index (κ3) is 2.09. The van der Waals surface area contributed by atoms with Gasteiger partial charge >= 0.3 is 0 Å². The average Bonchev–Trinajstić information content (AvgIpc) is 2.47. The van der Waals surface area contributed by atoms with Crippen molar-refractivity contribution in [2.24, 2.45) is 0 Å². The molecule has 2 heteroatoms. The van der Waals surface area contributed by atoms with Gasteiger partial charge in [-0.15, -0.1) is 0 Å². The summed E-state index contributed by atoms with van der Waals surface area (Å²) in [4.78, 5) is 0. The summed E-state index contributed by atoms with van der Waals surface area (Å²) in [6.07, 6.45) is 4.49. The fraction of sp³-hybridized carbons (Fsp3) is 0.0625. The SMILES string of the molecule is S=C(c1ccccc1)[Si]1CC=Cc2ccccc21. The fourth-order valence-corrected chi connectivity index (χ4v) is 5.36. The molecule has 1 aliphatic heterocycles. The zero-order chi connectivity index (χ0) is 12.4. The van der Waals surface area contributed by atoms with Crippen LogP contribution in [0.2, 0.25) is 6.04 Å². The van der Waals surface area contributed by atoms with Gasteiger partial charge in [0.05, 0.1) is 0 Å². The van der Waals surface area contributed by atoms with Crippen LogP contribution < -0.4 is 5.19 Å². The van der Waals surface area contributed by atoms with E-state index in [2.05, 4.69) is 60.7 Å². The Morgan fingerprint density at radius 2 is 1.67 bits per heavy atom. The summed E-state index contributed by atoms with van der Waals surface area (Å²) >= 11 is 5.73. The van der Waals surface area contributed by atoms with Gasteiger partial charge in [-0.05, 0) is 22.4 Å². The van der Waals surface area contributed by atoms with Crippen molar-refractivity contribution < 1.29 is 0 Å². The van der Waals surface area contributed by atoms with Crippen LogP contribution in [0.15, 0.2) is 60.7 Å². The standard InChI is InChI=1S/C16H13SSi/c17-16(14-8-2-1-3-9-14)18-12-6-10-13-7-4-5-11-15(13)18/h1-11H,12H2. The van der Waals surface area contributed by atoms with E-state index in [1.807, 2.05) is 6.07 Å². The quantitative estimate of drug-likeness (QED) is 0.592. The van der Waals surface area contributed by atoms with Gasteiger partial charge in [0.1, 0.15) is 8.80 Å². The molecule has 0 aromatic heterocycles. The number of thiocarbonyl (C=S) groups is 1. The zero-order valence-corrected chi connectivity index (χ0v) is 11.8. The molecule has 1 aliphatic rings. The molecule has 0 N–H and O–H groups in total. The Morgan fingerprint density at radius 3 is 2.50 bits per heavy atom. The Kier molecular flexibility index (Phi) is 3.22. The smallest absolute Gasteiger partial charge is 0.0892 e. The molecule has 0 unspecified atom stereocenters. The maximum absolute atomic E-state index is 5.73. The summed E-state index contributed by atoms with van der Waals surface area (Å²) in [6, 6.07) is 20.2. The second-order valence-electron chi connectivity index (χ2n) is 4.37. The maximum Gasteiger partial charge on any atom is 0.141 e. The first kappa shape index (κ1) is 11.6. The summed E-state index contributed by atoms with van der Waals surface area (Å²) in [5, 5.41) is 1.46. The van der Waals surface area contributed by atoms with Crippen molar-refractivity contribution in [1.82, 2.24) is 0 Å². The number of hydrogen-bond acceptors (Lipinski definition) is 1. The Bertz CT molecular complexity index is 602. The minimum Gasteiger partial charge on any atom is -0.0892 e. The topological polar surface area (TPSA) is 0 Å². The van der Waals surface area contributed by atoms with Crippen LogP contribution in [0, 0.1) is 0 Å². The molecule has 18 heavy (non-hydrogen) atoms. The van der Waals surface area contributed by atoms with Crippen molar-refractivity contribution in [3.8, 4) is 0 Å². The third-order valence-corrected chi connectivity index (χ3v) is 6.78. The second kappa shape index (κ2) is 5.00. The molecule has 0 fully saturated rings. The number of allylic oxidation sites excluding steroid dienone is 1. The lowest BCUT2D eigenvalue weighted by Gasteiger charge is -2.20. The van der Waals surface area contributed by atoms with Crippen molar-refractivity contribution in [1.29, 1.82) is 0 Å². The first-order chi connectivity index (χ1) is 8.86. The van der Waals surface area contributed by atoms with Crippen LogP contribution in [0.25, 0.3) is 6.08 Å². The number of hydrogen-bond donors (Lipinski definition) is 0. The Balaban J connectivity index is 2.00. The Labute approximate surface area is 115 Å². The van der Waals surface area contributed by atoms with Crippen LogP contribution >= 0.6 is 12.2 Å². The summed E-state index contributed by atoms with van der Waals surface area (Å²) < 4.78 is 1.15. The highest BCUT2D eigenvalue weighted by Gasteiger charge is 2.23. The van der Waals surface area contributed by atoms with E-state index >= 15 is 0 Å². The highest BCUT2D eigenvalue weighted by Crippen LogP contribution is 2.15. The predicted molar refractivity (Wildman–Crippen MR) is 83.8 cm³/mol. The predicted octanol–water partition coefficient (Wildman–Crippen LogP) is 3.37. The molecule has 0 saturated carbocycles. The van der Waals surface area contributed by atoms with Gasteiger partial charge < -0.3 is 0 Å². The molecule has 0 aliphatic carbocycles. The van der Waals surface area contributed by atoms with Crippen molar-refractivity contribution in [2.75, 3.05) is 0 Å². The number of fused-ring (bicyclic) bond motifs is 1. The van der Waals surface area contributed by atoms with Crippen LogP contribution in [-0.2, 0) is 0 Å². The maximum atomic E-state index is 5.73. The number of rotatable bonds is 2. The molecule has 1 heterocycles. The highest BCUT2D eigenvalue weighted by molar-refractivity contribution is 7.85. The van der Waals surface area contributed by atoms with E-state index in [0.717, 1.165) is 10.5 Å². The minimum absolute atomic E-state index is 0.790. The molecular weight excluding hydrogens is 252 g/mol. The van der Waals surface area contributed by atoms with E-state index in [4.69, 9.17) is 12.2 Å². The van der Waals surface area contributed by atoms with E-state index < -0.39 is 8.80 Å². The van der Waals surface area contributed by atoms with Gasteiger partial charge in [-0.2, -0.15) is 0 Å². The molecule has 0 bridgehead atoms. The number of benzene rings is 2. The van der Waals surface area contributed by atoms with Gasteiger partial charge in [0.2, 0.25) is 0 Å².